The normalized spacial score (nSPS) is 16.9. The van der Waals surface area contributed by atoms with Crippen LogP contribution in [0.25, 0.3) is 32.7 Å². The van der Waals surface area contributed by atoms with Crippen LogP contribution in [0.3, 0.4) is 0 Å². The standard InChI is InChI=1S/C51H54O8/c1-49(33-56-34-49)31-54-21-19-52-23-25-58-43-17-13-37-27-41(15-11-39(37)29-43)51(47-9-5-3-7-45(47)46-8-4-6-10-48(46)51)42-16-12-40-30-44(18-14-38(40)28-42)59-26-24-53-20-22-55-32-50(2)35-57-36-50/h3-18,27-30H,19-26,31-36H2,1-2H3. The van der Waals surface area contributed by atoms with Gasteiger partial charge in [0.05, 0.1) is 84.7 Å². The molecule has 9 rings (SSSR count). The van der Waals surface area contributed by atoms with E-state index in [1.54, 1.807) is 0 Å². The Labute approximate surface area is 347 Å². The van der Waals surface area contributed by atoms with Crippen molar-refractivity contribution in [2.75, 3.05) is 92.5 Å². The number of rotatable bonds is 20. The zero-order chi connectivity index (χ0) is 40.1. The molecule has 0 amide bonds. The van der Waals surface area contributed by atoms with Gasteiger partial charge in [-0.15, -0.1) is 0 Å². The lowest BCUT2D eigenvalue weighted by Gasteiger charge is -2.37. The van der Waals surface area contributed by atoms with Crippen LogP contribution in [0.15, 0.2) is 121 Å². The van der Waals surface area contributed by atoms with E-state index in [0.717, 1.165) is 59.5 Å². The van der Waals surface area contributed by atoms with Gasteiger partial charge in [-0.1, -0.05) is 98.8 Å². The van der Waals surface area contributed by atoms with E-state index in [9.17, 15) is 0 Å². The Bertz CT molecular complexity index is 2210. The lowest BCUT2D eigenvalue weighted by atomic mass is 9.67. The van der Waals surface area contributed by atoms with Gasteiger partial charge in [0.15, 0.2) is 0 Å². The Hall–Kier alpha value is -4.80. The zero-order valence-corrected chi connectivity index (χ0v) is 34.2. The number of hydrogen-bond acceptors (Lipinski definition) is 8. The van der Waals surface area contributed by atoms with Crippen molar-refractivity contribution >= 4 is 21.5 Å². The molecule has 2 heterocycles. The summed E-state index contributed by atoms with van der Waals surface area (Å²) in [6, 6.07) is 44.2. The summed E-state index contributed by atoms with van der Waals surface area (Å²) in [6.45, 7) is 13.1. The third-order valence-corrected chi connectivity index (χ3v) is 11.9. The molecular weight excluding hydrogens is 741 g/mol. The van der Waals surface area contributed by atoms with E-state index in [1.165, 1.54) is 33.4 Å². The summed E-state index contributed by atoms with van der Waals surface area (Å²) in [7, 11) is 0. The maximum absolute atomic E-state index is 6.12. The average molecular weight is 795 g/mol. The van der Waals surface area contributed by atoms with E-state index >= 15 is 0 Å². The number of hydrogen-bond donors (Lipinski definition) is 0. The van der Waals surface area contributed by atoms with Crippen molar-refractivity contribution in [1.82, 2.24) is 0 Å². The van der Waals surface area contributed by atoms with Gasteiger partial charge >= 0.3 is 0 Å². The van der Waals surface area contributed by atoms with Crippen LogP contribution in [-0.2, 0) is 33.8 Å². The third kappa shape index (κ3) is 8.35. The molecule has 6 aromatic carbocycles. The molecule has 8 nitrogen and oxygen atoms in total. The quantitative estimate of drug-likeness (QED) is 0.0708. The molecule has 0 bridgehead atoms. The highest BCUT2D eigenvalue weighted by atomic mass is 16.6. The van der Waals surface area contributed by atoms with Crippen LogP contribution in [0.2, 0.25) is 0 Å². The molecule has 3 aliphatic rings. The first-order valence-corrected chi connectivity index (χ1v) is 20.9. The lowest BCUT2D eigenvalue weighted by Crippen LogP contribution is -2.43. The van der Waals surface area contributed by atoms with Gasteiger partial charge in [-0.25, -0.2) is 0 Å². The summed E-state index contributed by atoms with van der Waals surface area (Å²) in [6.07, 6.45) is 0. The Kier molecular flexibility index (Phi) is 11.7. The van der Waals surface area contributed by atoms with Crippen LogP contribution < -0.4 is 9.47 Å². The van der Waals surface area contributed by atoms with Crippen molar-refractivity contribution in [3.63, 3.8) is 0 Å². The van der Waals surface area contributed by atoms with Gasteiger partial charge in [0.1, 0.15) is 24.7 Å². The van der Waals surface area contributed by atoms with Gasteiger partial charge in [-0.05, 0) is 91.3 Å². The first-order chi connectivity index (χ1) is 28.9. The maximum atomic E-state index is 6.12. The molecule has 8 heteroatoms. The highest BCUT2D eigenvalue weighted by Gasteiger charge is 2.46. The largest absolute Gasteiger partial charge is 0.491 e. The molecule has 0 aromatic heterocycles. The molecule has 2 aliphatic heterocycles. The van der Waals surface area contributed by atoms with Crippen molar-refractivity contribution in [1.29, 1.82) is 0 Å². The summed E-state index contributed by atoms with van der Waals surface area (Å²) in [5.41, 5.74) is 7.34. The molecule has 6 aromatic rings. The monoisotopic (exact) mass is 794 g/mol. The highest BCUT2D eigenvalue weighted by Crippen LogP contribution is 2.56. The van der Waals surface area contributed by atoms with Crippen molar-refractivity contribution < 1.29 is 37.9 Å². The summed E-state index contributed by atoms with van der Waals surface area (Å²) in [4.78, 5) is 0. The molecule has 2 saturated heterocycles. The van der Waals surface area contributed by atoms with Crippen molar-refractivity contribution in [3.8, 4) is 22.6 Å². The van der Waals surface area contributed by atoms with E-state index < -0.39 is 5.41 Å². The predicted molar refractivity (Wildman–Crippen MR) is 231 cm³/mol. The van der Waals surface area contributed by atoms with Crippen LogP contribution in [0.4, 0.5) is 0 Å². The smallest absolute Gasteiger partial charge is 0.120 e. The Morgan fingerprint density at radius 1 is 0.424 bits per heavy atom. The van der Waals surface area contributed by atoms with Gasteiger partial charge in [0.25, 0.3) is 0 Å². The summed E-state index contributed by atoms with van der Waals surface area (Å²) < 4.78 is 45.9. The Morgan fingerprint density at radius 3 is 1.25 bits per heavy atom. The van der Waals surface area contributed by atoms with Crippen molar-refractivity contribution in [2.24, 2.45) is 10.8 Å². The van der Waals surface area contributed by atoms with Gasteiger partial charge in [-0.3, -0.25) is 0 Å². The molecule has 0 atom stereocenters. The van der Waals surface area contributed by atoms with Gasteiger partial charge < -0.3 is 37.9 Å². The minimum Gasteiger partial charge on any atom is -0.491 e. The van der Waals surface area contributed by atoms with Gasteiger partial charge in [0.2, 0.25) is 0 Å². The molecule has 0 spiro atoms. The van der Waals surface area contributed by atoms with E-state index in [-0.39, 0.29) is 10.8 Å². The maximum Gasteiger partial charge on any atom is 0.120 e. The second kappa shape index (κ2) is 17.4. The fourth-order valence-electron chi connectivity index (χ4n) is 8.70. The van der Waals surface area contributed by atoms with Crippen LogP contribution in [0.5, 0.6) is 11.5 Å². The van der Waals surface area contributed by atoms with Crippen LogP contribution in [0.1, 0.15) is 36.1 Å². The highest BCUT2D eigenvalue weighted by molar-refractivity contribution is 5.92. The molecule has 59 heavy (non-hydrogen) atoms. The number of fused-ring (bicyclic) bond motifs is 5. The SMILES string of the molecule is CC1(COCCOCCOc2ccc3cc(C4(c5ccc6cc(OCCOCCOCC7(C)COC7)ccc6c5)c5ccccc5-c5ccccc54)ccc3c2)COC1. The van der Waals surface area contributed by atoms with Gasteiger partial charge in [0, 0.05) is 10.8 Å². The molecule has 0 N–H and O–H groups in total. The summed E-state index contributed by atoms with van der Waals surface area (Å²) >= 11 is 0. The molecule has 1 aliphatic carbocycles. The molecular formula is C51H54O8. The van der Waals surface area contributed by atoms with E-state index in [2.05, 4.69) is 135 Å². The molecule has 2 fully saturated rings. The zero-order valence-electron chi connectivity index (χ0n) is 34.2. The summed E-state index contributed by atoms with van der Waals surface area (Å²) in [5, 5.41) is 4.57. The Balaban J connectivity index is 0.900. The van der Waals surface area contributed by atoms with Crippen LogP contribution >= 0.6 is 0 Å². The lowest BCUT2D eigenvalue weighted by molar-refractivity contribution is -0.140. The van der Waals surface area contributed by atoms with Crippen LogP contribution in [0, 0.1) is 10.8 Å². The minimum absolute atomic E-state index is 0.155. The average Bonchev–Trinajstić information content (AvgIpc) is 3.55. The van der Waals surface area contributed by atoms with Crippen LogP contribution in [-0.4, -0.2) is 92.5 Å². The first-order valence-electron chi connectivity index (χ1n) is 20.9. The molecule has 0 unspecified atom stereocenters. The molecule has 306 valence electrons. The first kappa shape index (κ1) is 39.6. The molecule has 0 radical (unpaired) electrons. The van der Waals surface area contributed by atoms with E-state index in [4.69, 9.17) is 37.9 Å². The van der Waals surface area contributed by atoms with Gasteiger partial charge in [-0.2, -0.15) is 0 Å². The summed E-state index contributed by atoms with van der Waals surface area (Å²) in [5.74, 6) is 1.66. The fourth-order valence-corrected chi connectivity index (χ4v) is 8.70. The number of benzene rings is 6. The van der Waals surface area contributed by atoms with E-state index in [1.807, 2.05) is 0 Å². The van der Waals surface area contributed by atoms with Crippen molar-refractivity contribution in [3.05, 3.63) is 144 Å². The second-order valence-electron chi connectivity index (χ2n) is 16.9. The molecule has 0 saturated carbocycles. The van der Waals surface area contributed by atoms with Crippen molar-refractivity contribution in [2.45, 2.75) is 19.3 Å². The number of ether oxygens (including phenoxy) is 8. The third-order valence-electron chi connectivity index (χ3n) is 11.9. The van der Waals surface area contributed by atoms with E-state index in [0.29, 0.717) is 66.1 Å². The topological polar surface area (TPSA) is 73.8 Å². The Morgan fingerprint density at radius 2 is 0.814 bits per heavy atom. The minimum atomic E-state index is -0.519. The second-order valence-corrected chi connectivity index (χ2v) is 16.9. The predicted octanol–water partition coefficient (Wildman–Crippen LogP) is 9.25. The fraction of sp³-hybridized carbons (Fsp3) is 0.373.